The summed E-state index contributed by atoms with van der Waals surface area (Å²) in [5, 5.41) is 2.42. The fourth-order valence-corrected chi connectivity index (χ4v) is 1.59. The van der Waals surface area contributed by atoms with Gasteiger partial charge in [0.25, 0.3) is 5.91 Å². The summed E-state index contributed by atoms with van der Waals surface area (Å²) in [7, 11) is 0. The molecule has 3 amide bonds. The lowest BCUT2D eigenvalue weighted by atomic mass is 10.1. The maximum atomic E-state index is 11.9. The molecule has 1 aromatic carbocycles. The first kappa shape index (κ1) is 18.6. The molecule has 3 N–H and O–H groups in total. The maximum Gasteiger partial charge on any atom is 0.327 e. The topological polar surface area (TPSA) is 96.5 Å². The fraction of sp³-hybridized carbons (Fsp3) is 0.438. The Kier molecular flexibility index (Phi) is 7.21. The van der Waals surface area contributed by atoms with Gasteiger partial charge in [-0.2, -0.15) is 0 Å². The Balaban J connectivity index is 2.48. The molecule has 0 saturated heterocycles. The second-order valence-electron chi connectivity index (χ2n) is 5.59. The molecule has 0 aromatic heterocycles. The molecule has 0 fully saturated rings. The first-order valence-electron chi connectivity index (χ1n) is 7.41. The molecule has 7 heteroatoms. The lowest BCUT2D eigenvalue weighted by Crippen LogP contribution is -2.49. The molecule has 0 spiro atoms. The van der Waals surface area contributed by atoms with Gasteiger partial charge in [0.2, 0.25) is 0 Å². The standard InChI is InChI=1S/C16H23N3O4/c1-10(2)17-15(21)16(22)19-18-14(20)13-7-5-12(6-8-13)9-23-11(3)4/h5-8,10-11H,9H2,1-4H3,(H,17,21)(H,18,20)(H,19,22). The summed E-state index contributed by atoms with van der Waals surface area (Å²) in [5.74, 6) is -2.23. The van der Waals surface area contributed by atoms with Crippen LogP contribution in [0, 0.1) is 0 Å². The predicted molar refractivity (Wildman–Crippen MR) is 85.3 cm³/mol. The van der Waals surface area contributed by atoms with Gasteiger partial charge in [-0.25, -0.2) is 0 Å². The molecular weight excluding hydrogens is 298 g/mol. The number of hydrogen-bond acceptors (Lipinski definition) is 4. The SMILES string of the molecule is CC(C)NC(=O)C(=O)NNC(=O)c1ccc(COC(C)C)cc1. The summed E-state index contributed by atoms with van der Waals surface area (Å²) in [4.78, 5) is 34.7. The average Bonchev–Trinajstić information content (AvgIpc) is 2.50. The fourth-order valence-electron chi connectivity index (χ4n) is 1.59. The minimum absolute atomic E-state index is 0.130. The lowest BCUT2D eigenvalue weighted by Gasteiger charge is -2.10. The zero-order valence-corrected chi connectivity index (χ0v) is 13.8. The van der Waals surface area contributed by atoms with Crippen molar-refractivity contribution >= 4 is 17.7 Å². The van der Waals surface area contributed by atoms with Crippen molar-refractivity contribution in [1.82, 2.24) is 16.2 Å². The van der Waals surface area contributed by atoms with E-state index in [0.717, 1.165) is 5.56 Å². The molecule has 126 valence electrons. The van der Waals surface area contributed by atoms with E-state index in [1.807, 2.05) is 13.8 Å². The number of hydrogen-bond donors (Lipinski definition) is 3. The van der Waals surface area contributed by atoms with Gasteiger partial charge in [-0.3, -0.25) is 25.2 Å². The molecule has 0 saturated carbocycles. The van der Waals surface area contributed by atoms with Crippen LogP contribution in [0.3, 0.4) is 0 Å². The van der Waals surface area contributed by atoms with Crippen LogP contribution in [0.2, 0.25) is 0 Å². The summed E-state index contributed by atoms with van der Waals surface area (Å²) in [6.45, 7) is 7.81. The minimum Gasteiger partial charge on any atom is -0.374 e. The summed E-state index contributed by atoms with van der Waals surface area (Å²) in [5.41, 5.74) is 5.56. The van der Waals surface area contributed by atoms with E-state index in [1.54, 1.807) is 38.1 Å². The smallest absolute Gasteiger partial charge is 0.327 e. The molecule has 1 rings (SSSR count). The number of hydrazine groups is 1. The van der Waals surface area contributed by atoms with E-state index in [1.165, 1.54) is 0 Å². The van der Waals surface area contributed by atoms with Crippen molar-refractivity contribution in [3.63, 3.8) is 0 Å². The van der Waals surface area contributed by atoms with Crippen LogP contribution < -0.4 is 16.2 Å². The third-order valence-electron chi connectivity index (χ3n) is 2.72. The number of carbonyl (C=O) groups excluding carboxylic acids is 3. The van der Waals surface area contributed by atoms with E-state index in [9.17, 15) is 14.4 Å². The van der Waals surface area contributed by atoms with Crippen LogP contribution in [0.1, 0.15) is 43.6 Å². The van der Waals surface area contributed by atoms with Crippen LogP contribution in [-0.4, -0.2) is 29.9 Å². The highest BCUT2D eigenvalue weighted by Gasteiger charge is 2.15. The Bertz CT molecular complexity index is 553. The normalized spacial score (nSPS) is 10.5. The molecule has 1 aromatic rings. The molecular formula is C16H23N3O4. The lowest BCUT2D eigenvalue weighted by molar-refractivity contribution is -0.139. The number of benzene rings is 1. The third-order valence-corrected chi connectivity index (χ3v) is 2.72. The quantitative estimate of drug-likeness (QED) is 0.554. The van der Waals surface area contributed by atoms with Crippen molar-refractivity contribution in [2.24, 2.45) is 0 Å². The first-order chi connectivity index (χ1) is 10.8. The third kappa shape index (κ3) is 6.92. The second-order valence-corrected chi connectivity index (χ2v) is 5.59. The number of nitrogens with one attached hydrogen (secondary N) is 3. The van der Waals surface area contributed by atoms with Crippen molar-refractivity contribution in [3.8, 4) is 0 Å². The van der Waals surface area contributed by atoms with Gasteiger partial charge in [0.1, 0.15) is 0 Å². The number of rotatable bonds is 5. The highest BCUT2D eigenvalue weighted by molar-refractivity contribution is 6.35. The molecule has 0 aliphatic rings. The van der Waals surface area contributed by atoms with Crippen LogP contribution in [0.5, 0.6) is 0 Å². The highest BCUT2D eigenvalue weighted by Crippen LogP contribution is 2.06. The second kappa shape index (κ2) is 8.89. The van der Waals surface area contributed by atoms with Crippen LogP contribution in [0.4, 0.5) is 0 Å². The number of carbonyl (C=O) groups is 3. The summed E-state index contributed by atoms with van der Waals surface area (Å²) in [6, 6.07) is 6.61. The van der Waals surface area contributed by atoms with Gasteiger partial charge in [-0.15, -0.1) is 0 Å². The van der Waals surface area contributed by atoms with Gasteiger partial charge in [0.05, 0.1) is 12.7 Å². The van der Waals surface area contributed by atoms with Crippen molar-refractivity contribution in [2.45, 2.75) is 46.4 Å². The average molecular weight is 321 g/mol. The van der Waals surface area contributed by atoms with E-state index in [2.05, 4.69) is 16.2 Å². The predicted octanol–water partition coefficient (Wildman–Crippen LogP) is 0.897. The van der Waals surface area contributed by atoms with Gasteiger partial charge in [0.15, 0.2) is 0 Å². The molecule has 0 bridgehead atoms. The Morgan fingerprint density at radius 1 is 0.957 bits per heavy atom. The van der Waals surface area contributed by atoms with Crippen LogP contribution in [-0.2, 0) is 20.9 Å². The van der Waals surface area contributed by atoms with E-state index in [-0.39, 0.29) is 12.1 Å². The van der Waals surface area contributed by atoms with Crippen LogP contribution in [0.15, 0.2) is 24.3 Å². The Morgan fingerprint density at radius 2 is 1.57 bits per heavy atom. The van der Waals surface area contributed by atoms with Gasteiger partial charge in [0, 0.05) is 11.6 Å². The van der Waals surface area contributed by atoms with Gasteiger partial charge < -0.3 is 10.1 Å². The summed E-state index contributed by atoms with van der Waals surface area (Å²) in [6.07, 6.45) is 0.130. The van der Waals surface area contributed by atoms with Gasteiger partial charge in [-0.1, -0.05) is 12.1 Å². The molecule has 7 nitrogen and oxygen atoms in total. The Morgan fingerprint density at radius 3 is 2.09 bits per heavy atom. The largest absolute Gasteiger partial charge is 0.374 e. The van der Waals surface area contributed by atoms with E-state index in [0.29, 0.717) is 12.2 Å². The molecule has 0 atom stereocenters. The van der Waals surface area contributed by atoms with Gasteiger partial charge >= 0.3 is 11.8 Å². The maximum absolute atomic E-state index is 11.9. The van der Waals surface area contributed by atoms with E-state index >= 15 is 0 Å². The molecule has 0 aliphatic heterocycles. The van der Waals surface area contributed by atoms with Crippen molar-refractivity contribution in [2.75, 3.05) is 0 Å². The van der Waals surface area contributed by atoms with Gasteiger partial charge in [-0.05, 0) is 45.4 Å². The molecule has 0 aliphatic carbocycles. The zero-order valence-electron chi connectivity index (χ0n) is 13.8. The first-order valence-corrected chi connectivity index (χ1v) is 7.41. The van der Waals surface area contributed by atoms with E-state index < -0.39 is 17.7 Å². The molecule has 0 unspecified atom stereocenters. The van der Waals surface area contributed by atoms with Crippen molar-refractivity contribution < 1.29 is 19.1 Å². The molecule has 0 radical (unpaired) electrons. The van der Waals surface area contributed by atoms with Crippen LogP contribution in [0.25, 0.3) is 0 Å². The number of amides is 3. The van der Waals surface area contributed by atoms with Crippen molar-refractivity contribution in [3.05, 3.63) is 35.4 Å². The van der Waals surface area contributed by atoms with Crippen molar-refractivity contribution in [1.29, 1.82) is 0 Å². The number of ether oxygens (including phenoxy) is 1. The summed E-state index contributed by atoms with van der Waals surface area (Å²) >= 11 is 0. The van der Waals surface area contributed by atoms with E-state index in [4.69, 9.17) is 4.74 Å². The minimum atomic E-state index is -0.922. The zero-order chi connectivity index (χ0) is 17.4. The summed E-state index contributed by atoms with van der Waals surface area (Å²) < 4.78 is 5.46. The molecule has 0 heterocycles. The Labute approximate surface area is 135 Å². The Hall–Kier alpha value is -2.41. The monoisotopic (exact) mass is 321 g/mol. The molecule has 23 heavy (non-hydrogen) atoms. The highest BCUT2D eigenvalue weighted by atomic mass is 16.5. The van der Waals surface area contributed by atoms with Crippen LogP contribution >= 0.6 is 0 Å².